The van der Waals surface area contributed by atoms with E-state index < -0.39 is 14.6 Å². The molecule has 0 unspecified atom stereocenters. The van der Waals surface area contributed by atoms with Crippen molar-refractivity contribution in [3.63, 3.8) is 0 Å². The fourth-order valence-electron chi connectivity index (χ4n) is 10.9. The molecule has 4 aliphatic carbocycles. The molecular weight excluding hydrogens is 594 g/mol. The minimum atomic E-state index is -2.33. The molecule has 0 aliphatic heterocycles. The van der Waals surface area contributed by atoms with Gasteiger partial charge in [0.05, 0.1) is 22.6 Å². The lowest BCUT2D eigenvalue weighted by Gasteiger charge is -2.53. The first-order chi connectivity index (χ1) is 23.1. The minimum absolute atomic E-state index is 0.341. The van der Waals surface area contributed by atoms with Gasteiger partial charge in [-0.05, 0) is 148 Å². The zero-order valence-electron chi connectivity index (χ0n) is 28.6. The average Bonchev–Trinajstić information content (AvgIpc) is 3.13. The van der Waals surface area contributed by atoms with E-state index in [1.807, 2.05) is 36.4 Å². The molecule has 8 rings (SSSR count). The van der Waals surface area contributed by atoms with E-state index in [2.05, 4.69) is 18.2 Å². The average molecular weight is 650 g/mol. The highest BCUT2D eigenvalue weighted by Gasteiger charge is 2.61. The molecule has 0 N–H and O–H groups in total. The van der Waals surface area contributed by atoms with Crippen molar-refractivity contribution in [2.45, 2.75) is 151 Å². The Morgan fingerprint density at radius 1 is 0.468 bits per heavy atom. The maximum absolute atomic E-state index is 10.9. The van der Waals surface area contributed by atoms with Crippen LogP contribution in [0.3, 0.4) is 0 Å². The Balaban J connectivity index is 0.000000151. The number of rotatable bonds is 6. The maximum atomic E-state index is 10.9. The monoisotopic (exact) mass is 649 g/mol. The van der Waals surface area contributed by atoms with Crippen LogP contribution in [0.2, 0.25) is 0 Å². The Morgan fingerprint density at radius 3 is 1.36 bits per heavy atom. The van der Waals surface area contributed by atoms with E-state index >= 15 is 0 Å². The summed E-state index contributed by atoms with van der Waals surface area (Å²) in [6.45, 7) is 0. The molecule has 0 aromatic heterocycles. The summed E-state index contributed by atoms with van der Waals surface area (Å²) in [6, 6.07) is 21.7. The molecule has 0 spiro atoms. The smallest absolute Gasteiger partial charge is 0.133 e. The minimum Gasteiger partial charge on any atom is -0.860 e. The zero-order chi connectivity index (χ0) is 32.1. The first kappa shape index (κ1) is 33.4. The summed E-state index contributed by atoms with van der Waals surface area (Å²) in [6.07, 6.45) is 32.1. The van der Waals surface area contributed by atoms with E-state index in [1.165, 1.54) is 22.6 Å². The molecule has 4 saturated carbocycles. The summed E-state index contributed by atoms with van der Waals surface area (Å²) in [4.78, 5) is 0. The number of benzene rings is 4. The summed E-state index contributed by atoms with van der Waals surface area (Å²) >= 11 is 0. The van der Waals surface area contributed by atoms with Crippen LogP contribution in [-0.4, -0.2) is 30.0 Å². The van der Waals surface area contributed by atoms with Crippen LogP contribution in [0, 0.1) is 0 Å². The van der Waals surface area contributed by atoms with Gasteiger partial charge in [0.1, 0.15) is 13.1 Å². The van der Waals surface area contributed by atoms with Crippen molar-refractivity contribution in [1.29, 1.82) is 0 Å². The first-order valence-corrected chi connectivity index (χ1v) is 21.4. The Kier molecular flexibility index (Phi) is 11.1. The molecule has 5 heteroatoms. The molecule has 4 aliphatic rings. The SMILES string of the molecule is C1CCC([P+](C2CCCCC2)(C2CCCCC2)C2CCCCC2)CC1.[O-]B([O-])Oc1cccc2ccc3cc4ccccc4cc3c12. The van der Waals surface area contributed by atoms with Gasteiger partial charge in [0.25, 0.3) is 0 Å². The fraction of sp³-hybridized carbons (Fsp3) is 0.571. The quantitative estimate of drug-likeness (QED) is 0.0904. The van der Waals surface area contributed by atoms with Crippen LogP contribution in [0.15, 0.2) is 66.7 Å². The summed E-state index contributed by atoms with van der Waals surface area (Å²) in [7, 11) is -3.13. The van der Waals surface area contributed by atoms with Gasteiger partial charge >= 0.3 is 0 Å². The Labute approximate surface area is 284 Å². The number of hydrogen-bond acceptors (Lipinski definition) is 3. The van der Waals surface area contributed by atoms with Crippen LogP contribution < -0.4 is 14.7 Å². The van der Waals surface area contributed by atoms with E-state index in [4.69, 9.17) is 4.65 Å². The summed E-state index contributed by atoms with van der Waals surface area (Å²) in [5, 5.41) is 27.9. The molecule has 250 valence electrons. The molecular formula is C42H55BO3P-. The molecule has 4 aromatic rings. The van der Waals surface area contributed by atoms with E-state index in [9.17, 15) is 10.0 Å². The van der Waals surface area contributed by atoms with Crippen LogP contribution in [0.25, 0.3) is 32.3 Å². The Hall–Kier alpha value is -2.13. The molecule has 0 atom stereocenters. The van der Waals surface area contributed by atoms with Crippen molar-refractivity contribution in [3.8, 4) is 5.75 Å². The number of fused-ring (bicyclic) bond motifs is 4. The third kappa shape index (κ3) is 7.13. The van der Waals surface area contributed by atoms with E-state index in [-0.39, 0.29) is 0 Å². The molecule has 0 heterocycles. The predicted octanol–water partition coefficient (Wildman–Crippen LogP) is 10.6. The van der Waals surface area contributed by atoms with E-state index in [0.29, 0.717) is 5.75 Å². The van der Waals surface area contributed by atoms with Crippen molar-refractivity contribution in [3.05, 3.63) is 66.7 Å². The highest BCUT2D eigenvalue weighted by Crippen LogP contribution is 2.81. The van der Waals surface area contributed by atoms with E-state index in [1.54, 1.807) is 141 Å². The summed E-state index contributed by atoms with van der Waals surface area (Å²) in [5.74, 6) is 0.341. The van der Waals surface area contributed by atoms with Gasteiger partial charge < -0.3 is 14.7 Å². The highest BCUT2D eigenvalue weighted by molar-refractivity contribution is 7.78. The molecule has 0 bridgehead atoms. The first-order valence-electron chi connectivity index (χ1n) is 19.3. The van der Waals surface area contributed by atoms with Crippen LogP contribution in [0.4, 0.5) is 0 Å². The van der Waals surface area contributed by atoms with Gasteiger partial charge in [-0.2, -0.15) is 0 Å². The Bertz CT molecular complexity index is 1520. The molecule has 0 saturated heterocycles. The van der Waals surface area contributed by atoms with Gasteiger partial charge in [0.15, 0.2) is 0 Å². The standard InChI is InChI=1S/C24H44P.C18H11BO3/c1-5-13-21(14-6-1)25(22-15-7-2-8-16-22,23-17-9-3-10-18-23)24-19-11-4-12-20-24;20-19(21)22-17-7-3-6-12-8-9-15-10-13-4-1-2-5-14(13)11-16(15)18(12)17/h21-24H,1-20H2;1-11H/q+1;-2. The van der Waals surface area contributed by atoms with Crippen molar-refractivity contribution in [2.75, 3.05) is 0 Å². The fourth-order valence-corrected chi connectivity index (χ4v) is 19.5. The number of hydrogen-bond donors (Lipinski definition) is 0. The van der Waals surface area contributed by atoms with Crippen molar-refractivity contribution < 1.29 is 14.7 Å². The summed E-state index contributed by atoms with van der Waals surface area (Å²) in [5.41, 5.74) is 4.87. The molecule has 4 fully saturated rings. The molecule has 47 heavy (non-hydrogen) atoms. The summed E-state index contributed by atoms with van der Waals surface area (Å²) < 4.78 is 4.94. The normalized spacial score (nSPS) is 21.1. The second kappa shape index (κ2) is 15.6. The van der Waals surface area contributed by atoms with Crippen molar-refractivity contribution in [1.82, 2.24) is 0 Å². The molecule has 0 amide bonds. The lowest BCUT2D eigenvalue weighted by molar-refractivity contribution is -0.372. The van der Waals surface area contributed by atoms with Crippen LogP contribution in [0.1, 0.15) is 128 Å². The predicted molar refractivity (Wildman–Crippen MR) is 200 cm³/mol. The topological polar surface area (TPSA) is 55.3 Å². The van der Waals surface area contributed by atoms with Gasteiger partial charge in [-0.3, -0.25) is 0 Å². The van der Waals surface area contributed by atoms with Crippen LogP contribution in [0.5, 0.6) is 5.75 Å². The zero-order valence-corrected chi connectivity index (χ0v) is 29.4. The van der Waals surface area contributed by atoms with Crippen LogP contribution in [-0.2, 0) is 0 Å². The lowest BCUT2D eigenvalue weighted by Crippen LogP contribution is -2.50. The van der Waals surface area contributed by atoms with E-state index in [0.717, 1.165) is 32.3 Å². The molecule has 4 aromatic carbocycles. The van der Waals surface area contributed by atoms with Gasteiger partial charge in [0.2, 0.25) is 0 Å². The van der Waals surface area contributed by atoms with Crippen LogP contribution >= 0.6 is 7.26 Å². The molecule has 3 nitrogen and oxygen atoms in total. The second-order valence-electron chi connectivity index (χ2n) is 15.3. The largest absolute Gasteiger partial charge is 0.860 e. The second-order valence-corrected chi connectivity index (χ2v) is 20.0. The third-order valence-electron chi connectivity index (χ3n) is 12.7. The highest BCUT2D eigenvalue weighted by atomic mass is 31.2. The Morgan fingerprint density at radius 2 is 0.894 bits per heavy atom. The maximum Gasteiger partial charge on any atom is 0.133 e. The van der Waals surface area contributed by atoms with Gasteiger partial charge in [-0.25, -0.2) is 0 Å². The third-order valence-corrected chi connectivity index (χ3v) is 19.9. The van der Waals surface area contributed by atoms with Gasteiger partial charge in [-0.1, -0.05) is 74.2 Å². The van der Waals surface area contributed by atoms with Crippen molar-refractivity contribution >= 4 is 46.9 Å². The van der Waals surface area contributed by atoms with Gasteiger partial charge in [0, 0.05) is 12.6 Å². The molecule has 0 radical (unpaired) electrons. The lowest BCUT2D eigenvalue weighted by atomic mass is 9.97. The van der Waals surface area contributed by atoms with Crippen molar-refractivity contribution in [2.24, 2.45) is 0 Å². The van der Waals surface area contributed by atoms with Gasteiger partial charge in [-0.15, -0.1) is 0 Å².